The van der Waals surface area contributed by atoms with Crippen LogP contribution >= 0.6 is 12.2 Å². The van der Waals surface area contributed by atoms with Crippen molar-refractivity contribution in [3.05, 3.63) is 54.1 Å². The molecule has 2 aromatic rings. The van der Waals surface area contributed by atoms with Crippen molar-refractivity contribution in [2.75, 3.05) is 0 Å². The van der Waals surface area contributed by atoms with Gasteiger partial charge in [0.1, 0.15) is 0 Å². The number of rotatable bonds is 3. The lowest BCUT2D eigenvalue weighted by Crippen LogP contribution is -2.24. The zero-order chi connectivity index (χ0) is 13.1. The molecule has 0 radical (unpaired) electrons. The Balaban J connectivity index is 1.74. The van der Waals surface area contributed by atoms with Gasteiger partial charge in [-0.2, -0.15) is 5.10 Å². The van der Waals surface area contributed by atoms with E-state index < -0.39 is 0 Å². The molecule has 0 saturated carbocycles. The Bertz CT molecular complexity index is 599. The Morgan fingerprint density at radius 2 is 2.05 bits per heavy atom. The van der Waals surface area contributed by atoms with Crippen LogP contribution in [-0.2, 0) is 6.54 Å². The Labute approximate surface area is 117 Å². The van der Waals surface area contributed by atoms with E-state index >= 15 is 0 Å². The predicted molar refractivity (Wildman–Crippen MR) is 79.3 cm³/mol. The molecule has 0 amide bonds. The van der Waals surface area contributed by atoms with Crippen LogP contribution in [0.2, 0.25) is 0 Å². The zero-order valence-electron chi connectivity index (χ0n) is 10.4. The van der Waals surface area contributed by atoms with Crippen molar-refractivity contribution in [3.63, 3.8) is 0 Å². The minimum atomic E-state index is 0.820. The average molecular weight is 270 g/mol. The maximum absolute atomic E-state index is 5.07. The van der Waals surface area contributed by atoms with E-state index in [0.717, 1.165) is 35.7 Å². The highest BCUT2D eigenvalue weighted by atomic mass is 32.1. The molecule has 2 heterocycles. The normalized spacial score (nSPS) is 14.9. The zero-order valence-corrected chi connectivity index (χ0v) is 11.2. The summed E-state index contributed by atoms with van der Waals surface area (Å²) in [6, 6.07) is 8.48. The van der Waals surface area contributed by atoms with Crippen molar-refractivity contribution in [3.8, 4) is 0 Å². The smallest absolute Gasteiger partial charge is 0.0965 e. The van der Waals surface area contributed by atoms with Crippen molar-refractivity contribution in [2.24, 2.45) is 5.10 Å². The molecule has 1 aromatic carbocycles. The molecule has 0 fully saturated rings. The first-order chi connectivity index (χ1) is 9.31. The summed E-state index contributed by atoms with van der Waals surface area (Å²) in [5.41, 5.74) is 6.37. The lowest BCUT2D eigenvalue weighted by molar-refractivity contribution is 0.797. The molecule has 96 valence electrons. The lowest BCUT2D eigenvalue weighted by atomic mass is 10.0. The van der Waals surface area contributed by atoms with Crippen LogP contribution in [0.1, 0.15) is 24.0 Å². The number of thiocarbonyl (C=S) groups is 1. The third-order valence-electron chi connectivity index (χ3n) is 3.12. The molecule has 0 saturated heterocycles. The molecular weight excluding hydrogens is 256 g/mol. The van der Waals surface area contributed by atoms with Crippen molar-refractivity contribution < 1.29 is 0 Å². The van der Waals surface area contributed by atoms with E-state index in [0.29, 0.717) is 0 Å². The van der Waals surface area contributed by atoms with Gasteiger partial charge >= 0.3 is 0 Å². The summed E-state index contributed by atoms with van der Waals surface area (Å²) in [7, 11) is 0. The molecule has 1 N–H and O–H groups in total. The fourth-order valence-corrected chi connectivity index (χ4v) is 2.22. The second-order valence-corrected chi connectivity index (χ2v) is 5.02. The molecule has 1 aliphatic heterocycles. The molecule has 0 unspecified atom stereocenters. The van der Waals surface area contributed by atoms with Crippen LogP contribution in [0.25, 0.3) is 0 Å². The van der Waals surface area contributed by atoms with Gasteiger partial charge in [0, 0.05) is 25.4 Å². The number of hydrogen-bond acceptors (Lipinski definition) is 3. The first kappa shape index (κ1) is 12.0. The number of hydrogen-bond donors (Lipinski definition) is 1. The van der Waals surface area contributed by atoms with Gasteiger partial charge in [-0.1, -0.05) is 36.5 Å². The maximum Gasteiger partial charge on any atom is 0.0965 e. The van der Waals surface area contributed by atoms with E-state index in [2.05, 4.69) is 39.8 Å². The molecule has 1 aromatic heterocycles. The molecule has 0 aliphatic carbocycles. The Morgan fingerprint density at radius 3 is 2.68 bits per heavy atom. The largest absolute Gasteiger partial charge is 0.333 e. The van der Waals surface area contributed by atoms with E-state index in [1.54, 1.807) is 6.20 Å². The maximum atomic E-state index is 5.07. The topological polar surface area (TPSA) is 42.2 Å². The van der Waals surface area contributed by atoms with Crippen molar-refractivity contribution in [1.82, 2.24) is 15.0 Å². The Hall–Kier alpha value is -2.01. The monoisotopic (exact) mass is 270 g/mol. The van der Waals surface area contributed by atoms with Crippen molar-refractivity contribution in [2.45, 2.75) is 19.4 Å². The van der Waals surface area contributed by atoms with Gasteiger partial charge in [0.25, 0.3) is 0 Å². The highest BCUT2D eigenvalue weighted by molar-refractivity contribution is 7.80. The summed E-state index contributed by atoms with van der Waals surface area (Å²) in [4.78, 5) is 4.86. The first-order valence-corrected chi connectivity index (χ1v) is 6.62. The Kier molecular flexibility index (Phi) is 3.37. The molecule has 4 nitrogen and oxygen atoms in total. The molecule has 1 aliphatic rings. The SMILES string of the molecule is S=C1CCC(c2ccc(Cn3ccnc3)cc2)=NN1. The molecule has 5 heteroatoms. The van der Waals surface area contributed by atoms with Crippen LogP contribution in [-0.4, -0.2) is 20.3 Å². The summed E-state index contributed by atoms with van der Waals surface area (Å²) in [5.74, 6) is 0. The third-order valence-corrected chi connectivity index (χ3v) is 3.41. The number of nitrogens with one attached hydrogen (secondary N) is 1. The van der Waals surface area contributed by atoms with Gasteiger partial charge in [0.2, 0.25) is 0 Å². The van der Waals surface area contributed by atoms with E-state index in [4.69, 9.17) is 12.2 Å². The second kappa shape index (κ2) is 5.32. The third kappa shape index (κ3) is 2.88. The fourth-order valence-electron chi connectivity index (χ4n) is 2.08. The van der Waals surface area contributed by atoms with Gasteiger partial charge in [-0.25, -0.2) is 4.98 Å². The highest BCUT2D eigenvalue weighted by Gasteiger charge is 2.10. The van der Waals surface area contributed by atoms with Gasteiger partial charge in [0.15, 0.2) is 0 Å². The highest BCUT2D eigenvalue weighted by Crippen LogP contribution is 2.12. The van der Waals surface area contributed by atoms with Crippen molar-refractivity contribution in [1.29, 1.82) is 0 Å². The van der Waals surface area contributed by atoms with Crippen LogP contribution in [0.15, 0.2) is 48.1 Å². The molecular formula is C14H14N4S. The number of hydrazone groups is 1. The first-order valence-electron chi connectivity index (χ1n) is 6.22. The van der Waals surface area contributed by atoms with Gasteiger partial charge in [-0.05, 0) is 17.5 Å². The Morgan fingerprint density at radius 1 is 1.21 bits per heavy atom. The van der Waals surface area contributed by atoms with Gasteiger partial charge in [-0.3, -0.25) is 5.43 Å². The standard InChI is InChI=1S/C14H14N4S/c19-14-6-5-13(16-17-14)12-3-1-11(2-4-12)9-18-8-7-15-10-18/h1-4,7-8,10H,5-6,9H2,(H,17,19). The van der Waals surface area contributed by atoms with Crippen LogP contribution in [0, 0.1) is 0 Å². The fraction of sp³-hybridized carbons (Fsp3) is 0.214. The lowest BCUT2D eigenvalue weighted by Gasteiger charge is -2.14. The number of imidazole rings is 1. The van der Waals surface area contributed by atoms with E-state index in [-0.39, 0.29) is 0 Å². The quantitative estimate of drug-likeness (QED) is 0.871. The summed E-state index contributed by atoms with van der Waals surface area (Å²) >= 11 is 5.07. The van der Waals surface area contributed by atoms with Crippen LogP contribution in [0.5, 0.6) is 0 Å². The van der Waals surface area contributed by atoms with Gasteiger partial charge in [0.05, 0.1) is 17.0 Å². The van der Waals surface area contributed by atoms with E-state index in [1.165, 1.54) is 5.56 Å². The summed E-state index contributed by atoms with van der Waals surface area (Å²) < 4.78 is 2.05. The number of nitrogens with zero attached hydrogens (tertiary/aromatic N) is 3. The molecule has 0 atom stereocenters. The van der Waals surface area contributed by atoms with E-state index in [1.807, 2.05) is 17.1 Å². The van der Waals surface area contributed by atoms with E-state index in [9.17, 15) is 0 Å². The number of benzene rings is 1. The number of aromatic nitrogens is 2. The minimum absolute atomic E-state index is 0.820. The molecule has 3 rings (SSSR count). The van der Waals surface area contributed by atoms with Gasteiger partial charge < -0.3 is 4.57 Å². The minimum Gasteiger partial charge on any atom is -0.333 e. The van der Waals surface area contributed by atoms with Crippen LogP contribution in [0.3, 0.4) is 0 Å². The molecule has 19 heavy (non-hydrogen) atoms. The summed E-state index contributed by atoms with van der Waals surface area (Å²) in [5, 5.41) is 4.30. The second-order valence-electron chi connectivity index (χ2n) is 4.53. The van der Waals surface area contributed by atoms with Crippen molar-refractivity contribution >= 4 is 22.9 Å². The predicted octanol–water partition coefficient (Wildman–Crippen LogP) is 2.35. The summed E-state index contributed by atoms with van der Waals surface area (Å²) in [6.07, 6.45) is 7.37. The molecule has 0 bridgehead atoms. The molecule has 0 spiro atoms. The van der Waals surface area contributed by atoms with Crippen LogP contribution in [0.4, 0.5) is 0 Å². The van der Waals surface area contributed by atoms with Gasteiger partial charge in [-0.15, -0.1) is 0 Å². The summed E-state index contributed by atoms with van der Waals surface area (Å²) in [6.45, 7) is 0.842. The average Bonchev–Trinajstić information content (AvgIpc) is 2.94. The van der Waals surface area contributed by atoms with Crippen LogP contribution < -0.4 is 5.43 Å².